The molecule has 2 aliphatic rings. The van der Waals surface area contributed by atoms with Crippen LogP contribution in [-0.4, -0.2) is 29.6 Å². The zero-order valence-electron chi connectivity index (χ0n) is 8.58. The molecular weight excluding hydrogens is 196 g/mol. The molecular formula is C11H19ClN2. The van der Waals surface area contributed by atoms with E-state index in [0.717, 1.165) is 24.4 Å². The fourth-order valence-corrected chi connectivity index (χ4v) is 3.11. The van der Waals surface area contributed by atoms with Crippen LogP contribution in [-0.2, 0) is 0 Å². The fraction of sp³-hybridized carbons (Fsp3) is 0.818. The van der Waals surface area contributed by atoms with Gasteiger partial charge in [-0.2, -0.15) is 0 Å². The molecule has 2 fully saturated rings. The van der Waals surface area contributed by atoms with E-state index >= 15 is 0 Å². The summed E-state index contributed by atoms with van der Waals surface area (Å²) in [6.07, 6.45) is 6.21. The lowest BCUT2D eigenvalue weighted by molar-refractivity contribution is 0.0417. The minimum absolute atomic E-state index is 0.408. The second-order valence-corrected chi connectivity index (χ2v) is 5.19. The quantitative estimate of drug-likeness (QED) is 0.763. The predicted molar refractivity (Wildman–Crippen MR) is 60.3 cm³/mol. The first kappa shape index (κ1) is 10.5. The van der Waals surface area contributed by atoms with Crippen LogP contribution in [0, 0.1) is 0 Å². The number of fused-ring (bicyclic) bond motifs is 2. The second-order valence-electron chi connectivity index (χ2n) is 4.66. The minimum atomic E-state index is 0.408. The average molecular weight is 215 g/mol. The first-order valence-electron chi connectivity index (χ1n) is 5.51. The number of nitrogens with two attached hydrogens (primary N) is 1. The van der Waals surface area contributed by atoms with Gasteiger partial charge in [0.15, 0.2) is 0 Å². The molecule has 14 heavy (non-hydrogen) atoms. The molecule has 0 aromatic heterocycles. The van der Waals surface area contributed by atoms with Crippen molar-refractivity contribution in [3.05, 3.63) is 11.6 Å². The summed E-state index contributed by atoms with van der Waals surface area (Å²) in [5.41, 5.74) is 6.04. The van der Waals surface area contributed by atoms with Crippen molar-refractivity contribution in [1.29, 1.82) is 0 Å². The largest absolute Gasteiger partial charge is 0.328 e. The molecule has 2 bridgehead atoms. The van der Waals surface area contributed by atoms with Gasteiger partial charge in [-0.25, -0.2) is 0 Å². The standard InChI is InChI=1S/C11H19ClN2/c1-8(12)7-14-10-3-2-4-11(14)6-9(13)5-10/h9-11H,1-7,13H2. The van der Waals surface area contributed by atoms with E-state index < -0.39 is 0 Å². The Bertz CT molecular complexity index is 215. The normalized spacial score (nSPS) is 38.3. The fourth-order valence-electron chi connectivity index (χ4n) is 2.98. The SMILES string of the molecule is C=C(Cl)CN1C2CCCC1CC(N)C2. The molecule has 2 saturated heterocycles. The molecule has 0 aliphatic carbocycles. The van der Waals surface area contributed by atoms with Gasteiger partial charge in [-0.3, -0.25) is 4.90 Å². The lowest BCUT2D eigenvalue weighted by Gasteiger charge is -2.48. The smallest absolute Gasteiger partial charge is 0.0341 e. The highest BCUT2D eigenvalue weighted by Crippen LogP contribution is 2.33. The third-order valence-electron chi connectivity index (χ3n) is 3.52. The number of hydrogen-bond donors (Lipinski definition) is 1. The van der Waals surface area contributed by atoms with E-state index in [1.54, 1.807) is 0 Å². The highest BCUT2D eigenvalue weighted by molar-refractivity contribution is 6.29. The molecule has 0 spiro atoms. The van der Waals surface area contributed by atoms with E-state index in [1.165, 1.54) is 19.3 Å². The molecule has 0 radical (unpaired) electrons. The van der Waals surface area contributed by atoms with Crippen LogP contribution >= 0.6 is 11.6 Å². The zero-order chi connectivity index (χ0) is 10.1. The molecule has 80 valence electrons. The maximum Gasteiger partial charge on any atom is 0.0341 e. The third-order valence-corrected chi connectivity index (χ3v) is 3.64. The average Bonchev–Trinajstić information content (AvgIpc) is 2.05. The number of hydrogen-bond acceptors (Lipinski definition) is 2. The Morgan fingerprint density at radius 3 is 2.43 bits per heavy atom. The molecule has 2 rings (SSSR count). The van der Waals surface area contributed by atoms with Crippen molar-refractivity contribution < 1.29 is 0 Å². The summed E-state index contributed by atoms with van der Waals surface area (Å²) in [4.78, 5) is 2.52. The molecule has 2 unspecified atom stereocenters. The van der Waals surface area contributed by atoms with Crippen molar-refractivity contribution in [3.8, 4) is 0 Å². The molecule has 2 heterocycles. The van der Waals surface area contributed by atoms with Crippen LogP contribution in [0.4, 0.5) is 0 Å². The van der Waals surface area contributed by atoms with Crippen molar-refractivity contribution >= 4 is 11.6 Å². The highest BCUT2D eigenvalue weighted by atomic mass is 35.5. The zero-order valence-corrected chi connectivity index (χ0v) is 9.34. The van der Waals surface area contributed by atoms with Crippen molar-refractivity contribution in [1.82, 2.24) is 4.90 Å². The Morgan fingerprint density at radius 2 is 1.93 bits per heavy atom. The Morgan fingerprint density at radius 1 is 1.36 bits per heavy atom. The van der Waals surface area contributed by atoms with Crippen LogP contribution in [0.5, 0.6) is 0 Å². The number of piperidine rings is 2. The van der Waals surface area contributed by atoms with E-state index in [0.29, 0.717) is 18.1 Å². The molecule has 2 atom stereocenters. The number of nitrogens with zero attached hydrogens (tertiary/aromatic N) is 1. The molecule has 3 heteroatoms. The van der Waals surface area contributed by atoms with E-state index in [2.05, 4.69) is 11.5 Å². The van der Waals surface area contributed by atoms with E-state index in [9.17, 15) is 0 Å². The summed E-state index contributed by atoms with van der Waals surface area (Å²) in [7, 11) is 0. The number of halogens is 1. The predicted octanol–water partition coefficient (Wildman–Crippen LogP) is 2.08. The van der Waals surface area contributed by atoms with Gasteiger partial charge in [-0.05, 0) is 25.7 Å². The van der Waals surface area contributed by atoms with Crippen LogP contribution < -0.4 is 5.73 Å². The van der Waals surface area contributed by atoms with Gasteiger partial charge in [0.2, 0.25) is 0 Å². The van der Waals surface area contributed by atoms with E-state index in [-0.39, 0.29) is 0 Å². The van der Waals surface area contributed by atoms with Gasteiger partial charge >= 0.3 is 0 Å². The van der Waals surface area contributed by atoms with Crippen LogP contribution in [0.25, 0.3) is 0 Å². The number of rotatable bonds is 2. The monoisotopic (exact) mass is 214 g/mol. The van der Waals surface area contributed by atoms with Gasteiger partial charge in [0.05, 0.1) is 0 Å². The minimum Gasteiger partial charge on any atom is -0.328 e. The van der Waals surface area contributed by atoms with Gasteiger partial charge in [-0.15, -0.1) is 0 Å². The maximum atomic E-state index is 6.04. The summed E-state index contributed by atoms with van der Waals surface area (Å²) >= 11 is 5.89. The van der Waals surface area contributed by atoms with E-state index in [4.69, 9.17) is 17.3 Å². The van der Waals surface area contributed by atoms with Crippen molar-refractivity contribution in [2.24, 2.45) is 5.73 Å². The summed E-state index contributed by atoms with van der Waals surface area (Å²) in [5.74, 6) is 0. The second kappa shape index (κ2) is 4.21. The lowest BCUT2D eigenvalue weighted by Crippen LogP contribution is -2.55. The Hall–Kier alpha value is -0.0500. The molecule has 2 nitrogen and oxygen atoms in total. The van der Waals surface area contributed by atoms with Gasteiger partial charge < -0.3 is 5.73 Å². The molecule has 2 aliphatic heterocycles. The van der Waals surface area contributed by atoms with Crippen molar-refractivity contribution in [2.75, 3.05) is 6.54 Å². The molecule has 0 saturated carbocycles. The highest BCUT2D eigenvalue weighted by Gasteiger charge is 2.36. The first-order valence-corrected chi connectivity index (χ1v) is 5.89. The maximum absolute atomic E-state index is 6.04. The molecule has 0 amide bonds. The van der Waals surface area contributed by atoms with Crippen LogP contribution in [0.3, 0.4) is 0 Å². The van der Waals surface area contributed by atoms with E-state index in [1.807, 2.05) is 0 Å². The topological polar surface area (TPSA) is 29.3 Å². The molecule has 0 aromatic rings. The van der Waals surface area contributed by atoms with Crippen molar-refractivity contribution in [2.45, 2.75) is 50.2 Å². The third kappa shape index (κ3) is 2.13. The van der Waals surface area contributed by atoms with Gasteiger partial charge in [0, 0.05) is 29.7 Å². The summed E-state index contributed by atoms with van der Waals surface area (Å²) in [6, 6.07) is 1.73. The molecule has 2 N–H and O–H groups in total. The summed E-state index contributed by atoms with van der Waals surface area (Å²) in [5, 5.41) is 0.761. The first-order chi connectivity index (χ1) is 6.66. The van der Waals surface area contributed by atoms with Crippen LogP contribution in [0.2, 0.25) is 0 Å². The van der Waals surface area contributed by atoms with Crippen LogP contribution in [0.15, 0.2) is 11.6 Å². The summed E-state index contributed by atoms with van der Waals surface area (Å²) in [6.45, 7) is 4.64. The van der Waals surface area contributed by atoms with Gasteiger partial charge in [-0.1, -0.05) is 24.6 Å². The Balaban J connectivity index is 2.04. The van der Waals surface area contributed by atoms with Gasteiger partial charge in [0.1, 0.15) is 0 Å². The van der Waals surface area contributed by atoms with Crippen LogP contribution in [0.1, 0.15) is 32.1 Å². The lowest BCUT2D eigenvalue weighted by atomic mass is 9.82. The Labute approximate surface area is 91.1 Å². The molecule has 0 aromatic carbocycles. The Kier molecular flexibility index (Phi) is 3.15. The van der Waals surface area contributed by atoms with Gasteiger partial charge in [0.25, 0.3) is 0 Å². The van der Waals surface area contributed by atoms with Crippen molar-refractivity contribution in [3.63, 3.8) is 0 Å². The summed E-state index contributed by atoms with van der Waals surface area (Å²) < 4.78 is 0.